The molecule has 3 heterocycles. The monoisotopic (exact) mass is 452 g/mol. The number of carbonyl (C=O) groups is 3. The summed E-state index contributed by atoms with van der Waals surface area (Å²) in [4.78, 5) is 36.7. The Hall–Kier alpha value is -1.93. The SMILES string of the molecule is C=C1C(=O)O[C@]2(C)CC[C@@H]1C[C@@H](OC(C)=O)[C@@]1(C)CC[C@H](O1)[C@@](C)(O)CC[C@@H]2OC(C)=O. The van der Waals surface area contributed by atoms with E-state index in [9.17, 15) is 19.5 Å². The van der Waals surface area contributed by atoms with Crippen LogP contribution in [0, 0.1) is 5.92 Å². The fourth-order valence-electron chi connectivity index (χ4n) is 5.31. The highest BCUT2D eigenvalue weighted by molar-refractivity contribution is 5.89. The van der Waals surface area contributed by atoms with E-state index in [0.29, 0.717) is 44.1 Å². The number of esters is 3. The summed E-state index contributed by atoms with van der Waals surface area (Å²) in [6, 6.07) is 0. The minimum Gasteiger partial charge on any atom is -0.459 e. The van der Waals surface area contributed by atoms with Gasteiger partial charge >= 0.3 is 17.9 Å². The first-order valence-corrected chi connectivity index (χ1v) is 11.4. The first kappa shape index (κ1) is 24.7. The van der Waals surface area contributed by atoms with Gasteiger partial charge in [-0.15, -0.1) is 0 Å². The fraction of sp³-hybridized carbons (Fsp3) is 0.792. The maximum atomic E-state index is 12.9. The number of carbonyl (C=O) groups excluding carboxylic acids is 3. The van der Waals surface area contributed by atoms with Crippen LogP contribution in [-0.2, 0) is 33.3 Å². The van der Waals surface area contributed by atoms with Crippen LogP contribution in [0.2, 0.25) is 0 Å². The van der Waals surface area contributed by atoms with E-state index < -0.39 is 53.0 Å². The molecule has 3 aliphatic rings. The topological polar surface area (TPSA) is 108 Å². The molecule has 0 unspecified atom stereocenters. The predicted octanol–water partition coefficient (Wildman–Crippen LogP) is 2.99. The van der Waals surface area contributed by atoms with E-state index in [-0.39, 0.29) is 12.3 Å². The molecule has 4 bridgehead atoms. The van der Waals surface area contributed by atoms with Crippen molar-refractivity contribution in [2.24, 2.45) is 5.92 Å². The quantitative estimate of drug-likeness (QED) is 0.387. The van der Waals surface area contributed by atoms with Crippen LogP contribution in [-0.4, -0.2) is 58.1 Å². The normalized spacial score (nSPS) is 42.7. The summed E-state index contributed by atoms with van der Waals surface area (Å²) in [6.07, 6.45) is 1.32. The molecule has 3 saturated heterocycles. The Kier molecular flexibility index (Phi) is 6.78. The third kappa shape index (κ3) is 5.01. The summed E-state index contributed by atoms with van der Waals surface area (Å²) in [5, 5.41) is 11.3. The molecule has 3 fully saturated rings. The first-order valence-electron chi connectivity index (χ1n) is 11.4. The number of aliphatic hydroxyl groups is 1. The molecule has 1 N–H and O–H groups in total. The van der Waals surface area contributed by atoms with Crippen molar-refractivity contribution in [3.8, 4) is 0 Å². The second kappa shape index (κ2) is 8.78. The van der Waals surface area contributed by atoms with Crippen LogP contribution in [0.5, 0.6) is 0 Å². The van der Waals surface area contributed by atoms with Crippen LogP contribution in [0.25, 0.3) is 0 Å². The third-order valence-electron chi connectivity index (χ3n) is 7.47. The van der Waals surface area contributed by atoms with Crippen LogP contribution in [0.1, 0.15) is 79.6 Å². The summed E-state index contributed by atoms with van der Waals surface area (Å²) >= 11 is 0. The molecule has 0 aromatic rings. The van der Waals surface area contributed by atoms with Crippen molar-refractivity contribution < 1.29 is 38.4 Å². The van der Waals surface area contributed by atoms with Gasteiger partial charge in [-0.3, -0.25) is 9.59 Å². The standard InChI is InChI=1S/C24H36O8/c1-14-17-7-11-23(5,32-21(14)27)19(29-15(2)25)8-10-22(4,28)18-9-12-24(6,31-18)20(13-17)30-16(3)26/h17-20,28H,1,7-13H2,2-6H3/t17-,18+,19+,20-,22+,23-,24-/m1/s1. The number of hydrogen-bond donors (Lipinski definition) is 1. The number of fused-ring (bicyclic) bond motifs is 5. The second-order valence-corrected chi connectivity index (χ2v) is 10.2. The van der Waals surface area contributed by atoms with Crippen LogP contribution in [0.3, 0.4) is 0 Å². The Morgan fingerprint density at radius 3 is 2.19 bits per heavy atom. The van der Waals surface area contributed by atoms with Gasteiger partial charge in [0.2, 0.25) is 0 Å². The van der Waals surface area contributed by atoms with Gasteiger partial charge in [-0.25, -0.2) is 4.79 Å². The Bertz CT molecular complexity index is 789. The molecular formula is C24H36O8. The highest BCUT2D eigenvalue weighted by Gasteiger charge is 2.53. The molecule has 7 atom stereocenters. The van der Waals surface area contributed by atoms with E-state index >= 15 is 0 Å². The fourth-order valence-corrected chi connectivity index (χ4v) is 5.31. The van der Waals surface area contributed by atoms with Gasteiger partial charge in [-0.1, -0.05) is 6.58 Å². The molecule has 180 valence electrons. The van der Waals surface area contributed by atoms with Gasteiger partial charge in [-0.2, -0.15) is 0 Å². The lowest BCUT2D eigenvalue weighted by atomic mass is 9.79. The van der Waals surface area contributed by atoms with Gasteiger partial charge in [0.1, 0.15) is 23.4 Å². The van der Waals surface area contributed by atoms with Crippen LogP contribution in [0.4, 0.5) is 0 Å². The van der Waals surface area contributed by atoms with E-state index in [4.69, 9.17) is 18.9 Å². The van der Waals surface area contributed by atoms with Gasteiger partial charge in [0, 0.05) is 19.4 Å². The van der Waals surface area contributed by atoms with Crippen molar-refractivity contribution in [3.05, 3.63) is 12.2 Å². The van der Waals surface area contributed by atoms with Crippen molar-refractivity contribution in [1.29, 1.82) is 0 Å². The molecule has 8 nitrogen and oxygen atoms in total. The van der Waals surface area contributed by atoms with E-state index in [2.05, 4.69) is 6.58 Å². The number of ether oxygens (including phenoxy) is 4. The lowest BCUT2D eigenvalue weighted by Crippen LogP contribution is -2.49. The summed E-state index contributed by atoms with van der Waals surface area (Å²) in [5.74, 6) is -1.74. The summed E-state index contributed by atoms with van der Waals surface area (Å²) < 4.78 is 23.5. The smallest absolute Gasteiger partial charge is 0.334 e. The van der Waals surface area contributed by atoms with Crippen molar-refractivity contribution in [3.63, 3.8) is 0 Å². The highest BCUT2D eigenvalue weighted by Crippen LogP contribution is 2.45. The van der Waals surface area contributed by atoms with E-state index in [0.717, 1.165) is 0 Å². The molecule has 0 aliphatic carbocycles. The van der Waals surface area contributed by atoms with Crippen LogP contribution >= 0.6 is 0 Å². The lowest BCUT2D eigenvalue weighted by molar-refractivity contribution is -0.191. The number of hydrogen-bond acceptors (Lipinski definition) is 8. The van der Waals surface area contributed by atoms with Crippen LogP contribution < -0.4 is 0 Å². The second-order valence-electron chi connectivity index (χ2n) is 10.2. The Balaban J connectivity index is 2.04. The van der Waals surface area contributed by atoms with Gasteiger partial charge in [0.15, 0.2) is 0 Å². The summed E-state index contributed by atoms with van der Waals surface area (Å²) in [6.45, 7) is 12.0. The van der Waals surface area contributed by atoms with Crippen molar-refractivity contribution in [1.82, 2.24) is 0 Å². The van der Waals surface area contributed by atoms with Crippen molar-refractivity contribution in [2.45, 2.75) is 115 Å². The third-order valence-corrected chi connectivity index (χ3v) is 7.47. The zero-order valence-corrected chi connectivity index (χ0v) is 19.8. The maximum Gasteiger partial charge on any atom is 0.334 e. The maximum absolute atomic E-state index is 12.9. The average molecular weight is 453 g/mol. The molecule has 32 heavy (non-hydrogen) atoms. The Morgan fingerprint density at radius 1 is 0.969 bits per heavy atom. The van der Waals surface area contributed by atoms with Crippen molar-refractivity contribution in [2.75, 3.05) is 0 Å². The molecule has 0 aromatic heterocycles. The minimum absolute atomic E-state index is 0.279. The van der Waals surface area contributed by atoms with Crippen LogP contribution in [0.15, 0.2) is 12.2 Å². The predicted molar refractivity (Wildman–Crippen MR) is 114 cm³/mol. The van der Waals surface area contributed by atoms with Gasteiger partial charge in [-0.05, 0) is 71.6 Å². The number of rotatable bonds is 2. The molecule has 0 amide bonds. The molecule has 0 radical (unpaired) electrons. The first-order chi connectivity index (χ1) is 14.8. The van der Waals surface area contributed by atoms with E-state index in [1.54, 1.807) is 13.8 Å². The average Bonchev–Trinajstić information content (AvgIpc) is 3.05. The molecule has 0 aromatic carbocycles. The molecule has 8 heteroatoms. The van der Waals surface area contributed by atoms with E-state index in [1.165, 1.54) is 13.8 Å². The lowest BCUT2D eigenvalue weighted by Gasteiger charge is -2.39. The van der Waals surface area contributed by atoms with Gasteiger partial charge in [0.05, 0.1) is 11.7 Å². The minimum atomic E-state index is -1.21. The Labute approximate surface area is 189 Å². The zero-order chi connectivity index (χ0) is 23.9. The zero-order valence-electron chi connectivity index (χ0n) is 19.8. The van der Waals surface area contributed by atoms with Crippen molar-refractivity contribution >= 4 is 17.9 Å². The highest BCUT2D eigenvalue weighted by atomic mass is 16.6. The molecule has 3 aliphatic heterocycles. The molecule has 0 saturated carbocycles. The molecular weight excluding hydrogens is 416 g/mol. The van der Waals surface area contributed by atoms with Gasteiger partial charge < -0.3 is 24.1 Å². The summed E-state index contributed by atoms with van der Waals surface area (Å²) in [5.41, 5.74) is -2.76. The largest absolute Gasteiger partial charge is 0.459 e. The van der Waals surface area contributed by atoms with Gasteiger partial charge in [0.25, 0.3) is 0 Å². The molecule has 3 rings (SSSR count). The Morgan fingerprint density at radius 2 is 1.56 bits per heavy atom. The molecule has 0 spiro atoms. The van der Waals surface area contributed by atoms with E-state index in [1.807, 2.05) is 6.92 Å². The summed E-state index contributed by atoms with van der Waals surface area (Å²) in [7, 11) is 0.